The molecule has 0 aromatic heterocycles. The van der Waals surface area contributed by atoms with Crippen molar-refractivity contribution in [2.24, 2.45) is 0 Å². The Kier molecular flexibility index (Phi) is 8.47. The predicted octanol–water partition coefficient (Wildman–Crippen LogP) is 2.74. The van der Waals surface area contributed by atoms with Crippen LogP contribution in [0.1, 0.15) is 30.4 Å². The number of benzene rings is 1. The average molecular weight is 251 g/mol. The second-order valence-corrected chi connectivity index (χ2v) is 4.48. The topological polar surface area (TPSA) is 30.5 Å². The average Bonchev–Trinajstić information content (AvgIpc) is 2.40. The molecule has 0 saturated heterocycles. The maximum Gasteiger partial charge on any atom is 0.0713 e. The Morgan fingerprint density at radius 2 is 1.61 bits per heavy atom. The first-order valence-electron chi connectivity index (χ1n) is 6.63. The van der Waals surface area contributed by atoms with Gasteiger partial charge in [0.15, 0.2) is 0 Å². The molecule has 0 aliphatic carbocycles. The van der Waals surface area contributed by atoms with Crippen molar-refractivity contribution < 1.29 is 9.47 Å². The van der Waals surface area contributed by atoms with Crippen molar-refractivity contribution in [1.29, 1.82) is 0 Å². The molecule has 0 amide bonds. The molecule has 0 spiro atoms. The van der Waals surface area contributed by atoms with Crippen LogP contribution in [0.4, 0.5) is 0 Å². The first-order chi connectivity index (χ1) is 8.86. The lowest BCUT2D eigenvalue weighted by atomic mass is 10.1. The smallest absolute Gasteiger partial charge is 0.0713 e. The van der Waals surface area contributed by atoms with Crippen LogP contribution in [0.15, 0.2) is 24.3 Å². The molecule has 0 heterocycles. The Morgan fingerprint density at radius 1 is 0.889 bits per heavy atom. The van der Waals surface area contributed by atoms with E-state index in [4.69, 9.17) is 9.47 Å². The van der Waals surface area contributed by atoms with Crippen LogP contribution in [0.3, 0.4) is 0 Å². The van der Waals surface area contributed by atoms with Crippen LogP contribution in [0.2, 0.25) is 0 Å². The second kappa shape index (κ2) is 10.1. The highest BCUT2D eigenvalue weighted by Crippen LogP contribution is 2.05. The molecule has 0 aliphatic heterocycles. The molecule has 0 radical (unpaired) electrons. The van der Waals surface area contributed by atoms with Gasteiger partial charge in [0.2, 0.25) is 0 Å². The summed E-state index contributed by atoms with van der Waals surface area (Å²) in [6, 6.07) is 8.57. The van der Waals surface area contributed by atoms with Gasteiger partial charge >= 0.3 is 0 Å². The molecule has 1 rings (SSSR count). The van der Waals surface area contributed by atoms with Crippen LogP contribution < -0.4 is 5.32 Å². The number of methoxy groups -OCH3 is 2. The normalized spacial score (nSPS) is 10.8. The summed E-state index contributed by atoms with van der Waals surface area (Å²) in [7, 11) is 3.48. The summed E-state index contributed by atoms with van der Waals surface area (Å²) >= 11 is 0. The first-order valence-corrected chi connectivity index (χ1v) is 6.63. The highest BCUT2D eigenvalue weighted by atomic mass is 16.5. The third-order valence-corrected chi connectivity index (χ3v) is 2.87. The molecule has 1 N–H and O–H groups in total. The van der Waals surface area contributed by atoms with E-state index < -0.39 is 0 Å². The molecule has 1 aromatic rings. The van der Waals surface area contributed by atoms with E-state index in [0.29, 0.717) is 6.61 Å². The van der Waals surface area contributed by atoms with Gasteiger partial charge in [-0.2, -0.15) is 0 Å². The molecule has 1 aromatic carbocycles. The fourth-order valence-electron chi connectivity index (χ4n) is 1.83. The van der Waals surface area contributed by atoms with Gasteiger partial charge in [-0.15, -0.1) is 0 Å². The Morgan fingerprint density at radius 3 is 2.28 bits per heavy atom. The largest absolute Gasteiger partial charge is 0.385 e. The van der Waals surface area contributed by atoms with Crippen molar-refractivity contribution in [2.45, 2.75) is 32.4 Å². The van der Waals surface area contributed by atoms with Gasteiger partial charge in [0.05, 0.1) is 6.61 Å². The van der Waals surface area contributed by atoms with Crippen molar-refractivity contribution >= 4 is 0 Å². The minimum atomic E-state index is 0.688. The second-order valence-electron chi connectivity index (χ2n) is 4.48. The van der Waals surface area contributed by atoms with E-state index in [1.54, 1.807) is 14.2 Å². The molecule has 0 bridgehead atoms. The number of nitrogens with one attached hydrogen (secondary N) is 1. The Balaban J connectivity index is 2.08. The van der Waals surface area contributed by atoms with Crippen molar-refractivity contribution in [1.82, 2.24) is 5.32 Å². The quantitative estimate of drug-likeness (QED) is 0.649. The minimum absolute atomic E-state index is 0.688. The van der Waals surface area contributed by atoms with E-state index in [0.717, 1.165) is 26.1 Å². The van der Waals surface area contributed by atoms with E-state index in [1.807, 2.05) is 0 Å². The zero-order valence-electron chi connectivity index (χ0n) is 11.6. The summed E-state index contributed by atoms with van der Waals surface area (Å²) in [6.07, 6.45) is 3.60. The van der Waals surface area contributed by atoms with E-state index in [9.17, 15) is 0 Å². The molecule has 0 unspecified atom stereocenters. The third kappa shape index (κ3) is 6.74. The Bertz CT molecular complexity index is 298. The lowest BCUT2D eigenvalue weighted by Crippen LogP contribution is -2.14. The van der Waals surface area contributed by atoms with Gasteiger partial charge in [-0.1, -0.05) is 24.3 Å². The van der Waals surface area contributed by atoms with Crippen molar-refractivity contribution in [2.75, 3.05) is 27.4 Å². The molecule has 0 fully saturated rings. The molecule has 0 atom stereocenters. The highest BCUT2D eigenvalue weighted by molar-refractivity contribution is 5.21. The zero-order chi connectivity index (χ0) is 13.1. The van der Waals surface area contributed by atoms with Crippen molar-refractivity contribution in [3.8, 4) is 0 Å². The van der Waals surface area contributed by atoms with Crippen LogP contribution in [0.25, 0.3) is 0 Å². The Hall–Kier alpha value is -0.900. The Labute approximate surface area is 110 Å². The molecular formula is C15H25NO2. The van der Waals surface area contributed by atoms with E-state index >= 15 is 0 Å². The fraction of sp³-hybridized carbons (Fsp3) is 0.600. The van der Waals surface area contributed by atoms with Crippen LogP contribution in [0, 0.1) is 0 Å². The van der Waals surface area contributed by atoms with Gasteiger partial charge in [0.25, 0.3) is 0 Å². The number of ether oxygens (including phenoxy) is 2. The molecular weight excluding hydrogens is 226 g/mol. The van der Waals surface area contributed by atoms with Crippen LogP contribution in [-0.4, -0.2) is 27.4 Å². The number of rotatable bonds is 10. The molecule has 3 heteroatoms. The van der Waals surface area contributed by atoms with E-state index in [-0.39, 0.29) is 0 Å². The maximum absolute atomic E-state index is 5.09. The zero-order valence-corrected chi connectivity index (χ0v) is 11.6. The first kappa shape index (κ1) is 15.2. The lowest BCUT2D eigenvalue weighted by Gasteiger charge is -2.06. The highest BCUT2D eigenvalue weighted by Gasteiger charge is 1.95. The summed E-state index contributed by atoms with van der Waals surface area (Å²) < 4.78 is 10.1. The summed E-state index contributed by atoms with van der Waals surface area (Å²) in [5.74, 6) is 0. The van der Waals surface area contributed by atoms with Gasteiger partial charge in [-0.3, -0.25) is 0 Å². The monoisotopic (exact) mass is 251 g/mol. The van der Waals surface area contributed by atoms with Crippen LogP contribution in [-0.2, 0) is 22.6 Å². The van der Waals surface area contributed by atoms with E-state index in [1.165, 1.54) is 24.0 Å². The summed E-state index contributed by atoms with van der Waals surface area (Å²) in [6.45, 7) is 3.58. The molecule has 18 heavy (non-hydrogen) atoms. The maximum atomic E-state index is 5.09. The molecule has 0 saturated carbocycles. The van der Waals surface area contributed by atoms with Crippen molar-refractivity contribution in [3.63, 3.8) is 0 Å². The predicted molar refractivity (Wildman–Crippen MR) is 74.6 cm³/mol. The standard InChI is InChI=1S/C15H25NO2/c1-17-11-5-3-4-10-16-12-14-6-8-15(9-7-14)13-18-2/h6-9,16H,3-5,10-13H2,1-2H3. The van der Waals surface area contributed by atoms with Gasteiger partial charge in [-0.05, 0) is 36.9 Å². The minimum Gasteiger partial charge on any atom is -0.385 e. The molecule has 3 nitrogen and oxygen atoms in total. The number of hydrogen-bond acceptors (Lipinski definition) is 3. The summed E-state index contributed by atoms with van der Waals surface area (Å²) in [4.78, 5) is 0. The third-order valence-electron chi connectivity index (χ3n) is 2.87. The van der Waals surface area contributed by atoms with E-state index in [2.05, 4.69) is 29.6 Å². The van der Waals surface area contributed by atoms with Crippen molar-refractivity contribution in [3.05, 3.63) is 35.4 Å². The van der Waals surface area contributed by atoms with Gasteiger partial charge < -0.3 is 14.8 Å². The van der Waals surface area contributed by atoms with Gasteiger partial charge in [0, 0.05) is 27.4 Å². The summed E-state index contributed by atoms with van der Waals surface area (Å²) in [5.41, 5.74) is 2.55. The number of hydrogen-bond donors (Lipinski definition) is 1. The van der Waals surface area contributed by atoms with Crippen LogP contribution >= 0.6 is 0 Å². The van der Waals surface area contributed by atoms with Gasteiger partial charge in [0.1, 0.15) is 0 Å². The summed E-state index contributed by atoms with van der Waals surface area (Å²) in [5, 5.41) is 3.46. The van der Waals surface area contributed by atoms with Gasteiger partial charge in [-0.25, -0.2) is 0 Å². The molecule has 102 valence electrons. The lowest BCUT2D eigenvalue weighted by molar-refractivity contribution is 0.185. The molecule has 0 aliphatic rings. The SMILES string of the molecule is COCCCCCNCc1ccc(COC)cc1. The van der Waals surface area contributed by atoms with Crippen LogP contribution in [0.5, 0.6) is 0 Å². The fourth-order valence-corrected chi connectivity index (χ4v) is 1.83. The number of unbranched alkanes of at least 4 members (excludes halogenated alkanes) is 2.